The molecule has 1 N–H and O–H groups in total. The number of carboxylic acids is 1. The van der Waals surface area contributed by atoms with E-state index in [9.17, 15) is 4.79 Å². The first-order chi connectivity index (χ1) is 5.07. The highest BCUT2D eigenvalue weighted by Gasteiger charge is 2.15. The summed E-state index contributed by atoms with van der Waals surface area (Å²) in [6, 6.07) is 0. The van der Waals surface area contributed by atoms with E-state index < -0.39 is 12.1 Å². The van der Waals surface area contributed by atoms with E-state index in [0.29, 0.717) is 12.1 Å². The second-order valence-corrected chi connectivity index (χ2v) is 2.38. The minimum absolute atomic E-state index is 0.423. The Bertz CT molecular complexity index is 161. The van der Waals surface area contributed by atoms with Gasteiger partial charge in [0.25, 0.3) is 0 Å². The topological polar surface area (TPSA) is 58.9 Å². The van der Waals surface area contributed by atoms with Crippen molar-refractivity contribution in [3.8, 4) is 0 Å². The predicted molar refractivity (Wildman–Crippen MR) is 41.6 cm³/mol. The molecule has 0 aliphatic carbocycles. The molecule has 0 bridgehead atoms. The molecule has 0 saturated heterocycles. The molecule has 0 saturated carbocycles. The number of hydrogen-bond donors (Lipinski definition) is 1. The van der Waals surface area contributed by atoms with E-state index in [2.05, 4.69) is 5.16 Å². The fraction of sp³-hybridized carbons (Fsp3) is 0.714. The Kier molecular flexibility index (Phi) is 4.26. The van der Waals surface area contributed by atoms with Gasteiger partial charge in [0.2, 0.25) is 6.10 Å². The molecule has 0 rings (SSSR count). The molecule has 4 heteroatoms. The first-order valence-electron chi connectivity index (χ1n) is 3.47. The van der Waals surface area contributed by atoms with Gasteiger partial charge in [0, 0.05) is 0 Å². The Hall–Kier alpha value is -1.06. The number of oxime groups is 1. The molecular formula is C7H13NO3. The van der Waals surface area contributed by atoms with Gasteiger partial charge in [0.15, 0.2) is 0 Å². The summed E-state index contributed by atoms with van der Waals surface area (Å²) in [5, 5.41) is 12.0. The zero-order chi connectivity index (χ0) is 8.85. The Morgan fingerprint density at radius 3 is 2.45 bits per heavy atom. The largest absolute Gasteiger partial charge is 0.478 e. The summed E-state index contributed by atoms with van der Waals surface area (Å²) in [5.41, 5.74) is 0.713. The minimum atomic E-state index is -0.975. The van der Waals surface area contributed by atoms with Crippen molar-refractivity contribution >= 4 is 11.7 Å². The summed E-state index contributed by atoms with van der Waals surface area (Å²) < 4.78 is 0. The summed E-state index contributed by atoms with van der Waals surface area (Å²) in [7, 11) is 0. The van der Waals surface area contributed by atoms with Crippen molar-refractivity contribution in [2.75, 3.05) is 0 Å². The van der Waals surface area contributed by atoms with Gasteiger partial charge in [0.05, 0.1) is 5.71 Å². The fourth-order valence-corrected chi connectivity index (χ4v) is 0.463. The number of nitrogens with zero attached hydrogens (tertiary/aromatic N) is 1. The molecule has 0 amide bonds. The van der Waals surface area contributed by atoms with Crippen LogP contribution in [0.3, 0.4) is 0 Å². The third kappa shape index (κ3) is 4.36. The third-order valence-corrected chi connectivity index (χ3v) is 1.01. The van der Waals surface area contributed by atoms with Crippen molar-refractivity contribution in [1.29, 1.82) is 0 Å². The van der Waals surface area contributed by atoms with E-state index in [0.717, 1.165) is 0 Å². The van der Waals surface area contributed by atoms with Crippen molar-refractivity contribution in [1.82, 2.24) is 0 Å². The van der Waals surface area contributed by atoms with Gasteiger partial charge in [-0.3, -0.25) is 0 Å². The fourth-order valence-electron chi connectivity index (χ4n) is 0.463. The average Bonchev–Trinajstić information content (AvgIpc) is 1.87. The maximum atomic E-state index is 10.3. The Balaban J connectivity index is 3.89. The van der Waals surface area contributed by atoms with Crippen LogP contribution in [0.4, 0.5) is 0 Å². The second-order valence-electron chi connectivity index (χ2n) is 2.38. The van der Waals surface area contributed by atoms with Gasteiger partial charge in [-0.15, -0.1) is 0 Å². The SMILES string of the molecule is CCC(ON=C(C)C)C(=O)O. The maximum Gasteiger partial charge on any atom is 0.347 e. The van der Waals surface area contributed by atoms with Crippen LogP contribution in [-0.2, 0) is 9.63 Å². The highest BCUT2D eigenvalue weighted by molar-refractivity contribution is 5.78. The Morgan fingerprint density at radius 2 is 2.18 bits per heavy atom. The van der Waals surface area contributed by atoms with Gasteiger partial charge in [-0.05, 0) is 20.3 Å². The smallest absolute Gasteiger partial charge is 0.347 e. The van der Waals surface area contributed by atoms with Crippen LogP contribution in [0.5, 0.6) is 0 Å². The van der Waals surface area contributed by atoms with Gasteiger partial charge in [-0.1, -0.05) is 12.1 Å². The molecule has 0 aliphatic heterocycles. The molecule has 64 valence electrons. The first kappa shape index (κ1) is 9.94. The average molecular weight is 159 g/mol. The highest BCUT2D eigenvalue weighted by Crippen LogP contribution is 1.98. The number of rotatable bonds is 4. The zero-order valence-corrected chi connectivity index (χ0v) is 7.00. The van der Waals surface area contributed by atoms with Crippen molar-refractivity contribution < 1.29 is 14.7 Å². The van der Waals surface area contributed by atoms with E-state index >= 15 is 0 Å². The van der Waals surface area contributed by atoms with Crippen LogP contribution >= 0.6 is 0 Å². The van der Waals surface area contributed by atoms with Gasteiger partial charge in [-0.2, -0.15) is 0 Å². The number of aliphatic carboxylic acids is 1. The van der Waals surface area contributed by atoms with Crippen LogP contribution < -0.4 is 0 Å². The van der Waals surface area contributed by atoms with Gasteiger partial charge >= 0.3 is 5.97 Å². The molecule has 11 heavy (non-hydrogen) atoms. The van der Waals surface area contributed by atoms with E-state index in [4.69, 9.17) is 9.94 Å². The summed E-state index contributed by atoms with van der Waals surface area (Å²) in [6.07, 6.45) is -0.392. The summed E-state index contributed by atoms with van der Waals surface area (Å²) in [6.45, 7) is 5.22. The zero-order valence-electron chi connectivity index (χ0n) is 7.00. The molecule has 4 nitrogen and oxygen atoms in total. The lowest BCUT2D eigenvalue weighted by molar-refractivity contribution is -0.150. The number of hydrogen-bond acceptors (Lipinski definition) is 3. The maximum absolute atomic E-state index is 10.3. The monoisotopic (exact) mass is 159 g/mol. The van der Waals surface area contributed by atoms with Crippen LogP contribution in [0.25, 0.3) is 0 Å². The lowest BCUT2D eigenvalue weighted by Crippen LogP contribution is -2.20. The van der Waals surface area contributed by atoms with Crippen molar-refractivity contribution in [2.45, 2.75) is 33.3 Å². The van der Waals surface area contributed by atoms with Gasteiger partial charge in [0.1, 0.15) is 0 Å². The quantitative estimate of drug-likeness (QED) is 0.496. The van der Waals surface area contributed by atoms with Crippen molar-refractivity contribution in [2.24, 2.45) is 5.16 Å². The van der Waals surface area contributed by atoms with Crippen molar-refractivity contribution in [3.63, 3.8) is 0 Å². The minimum Gasteiger partial charge on any atom is -0.478 e. The number of carbonyl (C=O) groups is 1. The molecule has 0 aliphatic rings. The Morgan fingerprint density at radius 1 is 1.64 bits per heavy atom. The van der Waals surface area contributed by atoms with Crippen LogP contribution in [-0.4, -0.2) is 22.9 Å². The Labute approximate surface area is 65.8 Å². The summed E-state index contributed by atoms with van der Waals surface area (Å²) in [4.78, 5) is 15.1. The molecule has 1 atom stereocenters. The first-order valence-corrected chi connectivity index (χ1v) is 3.47. The molecule has 0 aromatic heterocycles. The highest BCUT2D eigenvalue weighted by atomic mass is 16.6. The van der Waals surface area contributed by atoms with Crippen LogP contribution in [0.1, 0.15) is 27.2 Å². The molecule has 0 radical (unpaired) electrons. The van der Waals surface area contributed by atoms with E-state index in [1.54, 1.807) is 20.8 Å². The summed E-state index contributed by atoms with van der Waals surface area (Å²) in [5.74, 6) is -0.975. The molecular weight excluding hydrogens is 146 g/mol. The van der Waals surface area contributed by atoms with E-state index in [-0.39, 0.29) is 0 Å². The van der Waals surface area contributed by atoms with Crippen LogP contribution in [0, 0.1) is 0 Å². The normalized spacial score (nSPS) is 11.9. The van der Waals surface area contributed by atoms with Crippen LogP contribution in [0.2, 0.25) is 0 Å². The van der Waals surface area contributed by atoms with Gasteiger partial charge < -0.3 is 9.94 Å². The van der Waals surface area contributed by atoms with Gasteiger partial charge in [-0.25, -0.2) is 4.79 Å². The molecule has 0 aromatic rings. The number of carboxylic acid groups (broad SMARTS) is 1. The molecule has 0 fully saturated rings. The van der Waals surface area contributed by atoms with Crippen LogP contribution in [0.15, 0.2) is 5.16 Å². The molecule has 1 unspecified atom stereocenters. The standard InChI is InChI=1S/C7H13NO3/c1-4-6(7(9)10)11-8-5(2)3/h6H,4H2,1-3H3,(H,9,10). The van der Waals surface area contributed by atoms with Crippen molar-refractivity contribution in [3.05, 3.63) is 0 Å². The summed E-state index contributed by atoms with van der Waals surface area (Å²) >= 11 is 0. The lowest BCUT2D eigenvalue weighted by atomic mass is 10.3. The predicted octanol–water partition coefficient (Wildman–Crippen LogP) is 1.26. The second kappa shape index (κ2) is 4.71. The van der Waals surface area contributed by atoms with E-state index in [1.165, 1.54) is 0 Å². The molecule has 0 heterocycles. The lowest BCUT2D eigenvalue weighted by Gasteiger charge is -2.06. The molecule has 0 spiro atoms. The van der Waals surface area contributed by atoms with E-state index in [1.807, 2.05) is 0 Å². The molecule has 0 aromatic carbocycles. The third-order valence-electron chi connectivity index (χ3n) is 1.01.